The van der Waals surface area contributed by atoms with E-state index in [1.807, 2.05) is 6.08 Å². The molecule has 1 atom stereocenters. The zero-order valence-corrected chi connectivity index (χ0v) is 8.89. The van der Waals surface area contributed by atoms with Gasteiger partial charge in [-0.25, -0.2) is 0 Å². The molecule has 2 aliphatic heterocycles. The van der Waals surface area contributed by atoms with Gasteiger partial charge in [0.25, 0.3) is 0 Å². The standard InChI is InChI=1S/C12H17N3/c1-2-6-10(7-3-1)12-14-13-11-8-4-5-9-15(11)12/h4-5,8-10,12,14H,1-3,6-7H2. The summed E-state index contributed by atoms with van der Waals surface area (Å²) in [4.78, 5) is 2.27. The minimum atomic E-state index is 0.404. The van der Waals surface area contributed by atoms with Gasteiger partial charge in [-0.3, -0.25) is 5.43 Å². The fourth-order valence-electron chi connectivity index (χ4n) is 2.75. The van der Waals surface area contributed by atoms with Crippen molar-refractivity contribution >= 4 is 5.84 Å². The maximum Gasteiger partial charge on any atom is 0.154 e. The average molecular weight is 203 g/mol. The fraction of sp³-hybridized carbons (Fsp3) is 0.583. The first kappa shape index (κ1) is 9.01. The number of nitrogens with zero attached hydrogens (tertiary/aromatic N) is 2. The second kappa shape index (κ2) is 3.72. The van der Waals surface area contributed by atoms with Crippen LogP contribution in [0, 0.1) is 5.92 Å². The Morgan fingerprint density at radius 3 is 2.93 bits per heavy atom. The Morgan fingerprint density at radius 1 is 1.20 bits per heavy atom. The lowest BCUT2D eigenvalue weighted by Crippen LogP contribution is -2.43. The van der Waals surface area contributed by atoms with Crippen molar-refractivity contribution in [2.24, 2.45) is 11.0 Å². The average Bonchev–Trinajstić information content (AvgIpc) is 2.74. The Hall–Kier alpha value is -1.25. The SMILES string of the molecule is C1=CC2=NNC(C3CCCCC3)N2C=C1. The van der Waals surface area contributed by atoms with Crippen LogP contribution in [0.25, 0.3) is 0 Å². The van der Waals surface area contributed by atoms with Crippen LogP contribution < -0.4 is 5.43 Å². The second-order valence-electron chi connectivity index (χ2n) is 4.55. The van der Waals surface area contributed by atoms with Crippen LogP contribution in [0.2, 0.25) is 0 Å². The molecule has 3 nitrogen and oxygen atoms in total. The molecular formula is C12H17N3. The number of amidine groups is 1. The lowest BCUT2D eigenvalue weighted by atomic mass is 9.86. The molecule has 3 rings (SSSR count). The van der Waals surface area contributed by atoms with Crippen LogP contribution in [0.5, 0.6) is 0 Å². The third kappa shape index (κ3) is 1.56. The number of allylic oxidation sites excluding steroid dienone is 2. The molecule has 15 heavy (non-hydrogen) atoms. The highest BCUT2D eigenvalue weighted by atomic mass is 15.5. The Balaban J connectivity index is 1.73. The Bertz CT molecular complexity index is 324. The van der Waals surface area contributed by atoms with E-state index >= 15 is 0 Å². The van der Waals surface area contributed by atoms with Crippen LogP contribution >= 0.6 is 0 Å². The highest BCUT2D eigenvalue weighted by Gasteiger charge is 2.32. The Morgan fingerprint density at radius 2 is 2.07 bits per heavy atom. The van der Waals surface area contributed by atoms with Crippen LogP contribution in [0.1, 0.15) is 32.1 Å². The number of hydrogen-bond donors (Lipinski definition) is 1. The van der Waals surface area contributed by atoms with Crippen LogP contribution in [0.4, 0.5) is 0 Å². The number of hydrazone groups is 1. The summed E-state index contributed by atoms with van der Waals surface area (Å²) in [7, 11) is 0. The molecule has 0 bridgehead atoms. The van der Waals surface area contributed by atoms with E-state index < -0.39 is 0 Å². The van der Waals surface area contributed by atoms with Crippen molar-refractivity contribution in [2.75, 3.05) is 0 Å². The second-order valence-corrected chi connectivity index (χ2v) is 4.55. The summed E-state index contributed by atoms with van der Waals surface area (Å²) >= 11 is 0. The molecule has 1 saturated carbocycles. The smallest absolute Gasteiger partial charge is 0.154 e. The first-order valence-corrected chi connectivity index (χ1v) is 5.91. The predicted molar refractivity (Wildman–Crippen MR) is 61.1 cm³/mol. The van der Waals surface area contributed by atoms with Gasteiger partial charge in [-0.1, -0.05) is 25.3 Å². The monoisotopic (exact) mass is 203 g/mol. The summed E-state index contributed by atoms with van der Waals surface area (Å²) in [5.74, 6) is 1.82. The molecule has 1 N–H and O–H groups in total. The number of nitrogens with one attached hydrogen (secondary N) is 1. The van der Waals surface area contributed by atoms with E-state index in [-0.39, 0.29) is 0 Å². The minimum Gasteiger partial charge on any atom is -0.309 e. The van der Waals surface area contributed by atoms with Gasteiger partial charge in [0.1, 0.15) is 6.17 Å². The third-order valence-corrected chi connectivity index (χ3v) is 3.58. The predicted octanol–water partition coefficient (Wildman–Crippen LogP) is 2.20. The molecule has 0 radical (unpaired) electrons. The Labute approximate surface area is 90.5 Å². The van der Waals surface area contributed by atoms with Crippen LogP contribution in [-0.2, 0) is 0 Å². The molecule has 0 aromatic carbocycles. The van der Waals surface area contributed by atoms with Crippen molar-refractivity contribution in [3.05, 3.63) is 24.4 Å². The minimum absolute atomic E-state index is 0.404. The summed E-state index contributed by atoms with van der Waals surface area (Å²) < 4.78 is 0. The largest absolute Gasteiger partial charge is 0.309 e. The molecule has 0 saturated heterocycles. The molecule has 3 heteroatoms. The van der Waals surface area contributed by atoms with Gasteiger partial charge in [0, 0.05) is 6.20 Å². The molecule has 0 aromatic heterocycles. The van der Waals surface area contributed by atoms with Crippen LogP contribution in [0.3, 0.4) is 0 Å². The van der Waals surface area contributed by atoms with Crippen LogP contribution in [-0.4, -0.2) is 16.9 Å². The first-order chi connectivity index (χ1) is 7.45. The highest BCUT2D eigenvalue weighted by Crippen LogP contribution is 2.30. The van der Waals surface area contributed by atoms with Crippen molar-refractivity contribution < 1.29 is 0 Å². The Kier molecular flexibility index (Phi) is 2.24. The van der Waals surface area contributed by atoms with E-state index in [0.29, 0.717) is 6.17 Å². The zero-order valence-electron chi connectivity index (χ0n) is 8.89. The van der Waals surface area contributed by atoms with E-state index in [2.05, 4.69) is 33.8 Å². The van der Waals surface area contributed by atoms with Gasteiger partial charge < -0.3 is 4.90 Å². The maximum absolute atomic E-state index is 4.37. The van der Waals surface area contributed by atoms with E-state index in [1.165, 1.54) is 32.1 Å². The van der Waals surface area contributed by atoms with Crippen molar-refractivity contribution in [1.82, 2.24) is 10.3 Å². The van der Waals surface area contributed by atoms with Gasteiger partial charge in [-0.05, 0) is 30.9 Å². The summed E-state index contributed by atoms with van der Waals surface area (Å²) in [5.41, 5.74) is 3.28. The summed E-state index contributed by atoms with van der Waals surface area (Å²) in [6.07, 6.45) is 15.6. The highest BCUT2D eigenvalue weighted by molar-refractivity contribution is 5.95. The molecule has 3 aliphatic rings. The lowest BCUT2D eigenvalue weighted by molar-refractivity contribution is 0.205. The van der Waals surface area contributed by atoms with Gasteiger partial charge in [-0.2, -0.15) is 5.10 Å². The first-order valence-electron chi connectivity index (χ1n) is 5.91. The molecular weight excluding hydrogens is 186 g/mol. The molecule has 1 fully saturated rings. The molecule has 0 amide bonds. The van der Waals surface area contributed by atoms with Crippen molar-refractivity contribution in [3.63, 3.8) is 0 Å². The molecule has 1 aliphatic carbocycles. The van der Waals surface area contributed by atoms with E-state index in [1.54, 1.807) is 0 Å². The zero-order chi connectivity index (χ0) is 10.1. The van der Waals surface area contributed by atoms with E-state index in [0.717, 1.165) is 11.8 Å². The van der Waals surface area contributed by atoms with E-state index in [9.17, 15) is 0 Å². The van der Waals surface area contributed by atoms with Crippen molar-refractivity contribution in [1.29, 1.82) is 0 Å². The van der Waals surface area contributed by atoms with Crippen LogP contribution in [0.15, 0.2) is 29.5 Å². The van der Waals surface area contributed by atoms with Gasteiger partial charge in [0.2, 0.25) is 0 Å². The van der Waals surface area contributed by atoms with Gasteiger partial charge in [-0.15, -0.1) is 0 Å². The van der Waals surface area contributed by atoms with E-state index in [4.69, 9.17) is 0 Å². The lowest BCUT2D eigenvalue weighted by Gasteiger charge is -2.33. The maximum atomic E-state index is 4.37. The number of rotatable bonds is 1. The van der Waals surface area contributed by atoms with Gasteiger partial charge in [0.15, 0.2) is 5.84 Å². The quantitative estimate of drug-likeness (QED) is 0.707. The molecule has 0 aromatic rings. The normalized spacial score (nSPS) is 30.0. The summed E-state index contributed by atoms with van der Waals surface area (Å²) in [6, 6.07) is 0. The molecule has 0 spiro atoms. The molecule has 80 valence electrons. The number of hydrogen-bond acceptors (Lipinski definition) is 3. The topological polar surface area (TPSA) is 27.6 Å². The van der Waals surface area contributed by atoms with Gasteiger partial charge in [0.05, 0.1) is 0 Å². The van der Waals surface area contributed by atoms with Gasteiger partial charge >= 0.3 is 0 Å². The van der Waals surface area contributed by atoms with Crippen molar-refractivity contribution in [2.45, 2.75) is 38.3 Å². The molecule has 2 heterocycles. The molecule has 1 unspecified atom stereocenters. The third-order valence-electron chi connectivity index (χ3n) is 3.58. The summed E-state index contributed by atoms with van der Waals surface area (Å²) in [6.45, 7) is 0. The summed E-state index contributed by atoms with van der Waals surface area (Å²) in [5, 5.41) is 4.37. The number of fused-ring (bicyclic) bond motifs is 1. The fourth-order valence-corrected chi connectivity index (χ4v) is 2.75. The van der Waals surface area contributed by atoms with Crippen molar-refractivity contribution in [3.8, 4) is 0 Å².